The Labute approximate surface area is 91.6 Å². The van der Waals surface area contributed by atoms with E-state index in [1.54, 1.807) is 0 Å². The summed E-state index contributed by atoms with van der Waals surface area (Å²) in [4.78, 5) is 0. The quantitative estimate of drug-likeness (QED) is 0.731. The number of hydrogen-bond donors (Lipinski definition) is 0. The molecule has 80 valence electrons. The fraction of sp³-hybridized carbons (Fsp3) is 0.308. The number of rotatable bonds is 2. The van der Waals surface area contributed by atoms with Crippen LogP contribution in [0.4, 0.5) is 0 Å². The van der Waals surface area contributed by atoms with Crippen LogP contribution in [0.1, 0.15) is 25.0 Å². The minimum absolute atomic E-state index is 0.856. The maximum atomic E-state index is 4.23. The topological polar surface area (TPSA) is 17.8 Å². The SMILES string of the molecule is CC.Cc1cnn(Cc2ccccc2)c1. The molecule has 1 aromatic carbocycles. The summed E-state index contributed by atoms with van der Waals surface area (Å²) in [6.45, 7) is 6.91. The second-order valence-electron chi connectivity index (χ2n) is 3.20. The first kappa shape index (κ1) is 11.5. The molecule has 0 radical (unpaired) electrons. The summed E-state index contributed by atoms with van der Waals surface area (Å²) in [6.07, 6.45) is 3.93. The second kappa shape index (κ2) is 6.02. The van der Waals surface area contributed by atoms with Crippen molar-refractivity contribution >= 4 is 0 Å². The zero-order valence-corrected chi connectivity index (χ0v) is 9.64. The van der Waals surface area contributed by atoms with Gasteiger partial charge in [0.15, 0.2) is 0 Å². The Bertz CT molecular complexity index is 376. The molecule has 0 N–H and O–H groups in total. The van der Waals surface area contributed by atoms with Gasteiger partial charge in [0.1, 0.15) is 0 Å². The Balaban J connectivity index is 0.000000531. The summed E-state index contributed by atoms with van der Waals surface area (Å²) >= 11 is 0. The third-order valence-corrected chi connectivity index (χ3v) is 1.95. The summed E-state index contributed by atoms with van der Waals surface area (Å²) in [5, 5.41) is 4.23. The van der Waals surface area contributed by atoms with Crippen molar-refractivity contribution in [2.24, 2.45) is 0 Å². The van der Waals surface area contributed by atoms with Gasteiger partial charge in [-0.3, -0.25) is 4.68 Å². The van der Waals surface area contributed by atoms with E-state index in [9.17, 15) is 0 Å². The molecule has 0 bridgehead atoms. The molecule has 0 aliphatic rings. The van der Waals surface area contributed by atoms with E-state index in [2.05, 4.69) is 24.2 Å². The molecule has 15 heavy (non-hydrogen) atoms. The summed E-state index contributed by atoms with van der Waals surface area (Å²) in [5.74, 6) is 0. The van der Waals surface area contributed by atoms with Gasteiger partial charge in [0.2, 0.25) is 0 Å². The molecule has 0 fully saturated rings. The molecule has 0 spiro atoms. The van der Waals surface area contributed by atoms with Gasteiger partial charge in [-0.25, -0.2) is 0 Å². The van der Waals surface area contributed by atoms with Gasteiger partial charge in [-0.2, -0.15) is 5.10 Å². The van der Waals surface area contributed by atoms with E-state index in [1.165, 1.54) is 11.1 Å². The van der Waals surface area contributed by atoms with Crippen LogP contribution < -0.4 is 0 Å². The third-order valence-electron chi connectivity index (χ3n) is 1.95. The van der Waals surface area contributed by atoms with E-state index < -0.39 is 0 Å². The Hall–Kier alpha value is -1.57. The molecule has 2 rings (SSSR count). The van der Waals surface area contributed by atoms with E-state index in [0.717, 1.165) is 6.54 Å². The number of aromatic nitrogens is 2. The minimum Gasteiger partial charge on any atom is -0.268 e. The van der Waals surface area contributed by atoms with Crippen molar-refractivity contribution < 1.29 is 0 Å². The highest BCUT2D eigenvalue weighted by atomic mass is 15.3. The summed E-state index contributed by atoms with van der Waals surface area (Å²) in [5.41, 5.74) is 2.49. The maximum absolute atomic E-state index is 4.23. The van der Waals surface area contributed by atoms with Crippen molar-refractivity contribution in [3.8, 4) is 0 Å². The monoisotopic (exact) mass is 202 g/mol. The molecule has 2 heteroatoms. The standard InChI is InChI=1S/C11H12N2.C2H6/c1-10-7-12-13(8-10)9-11-5-3-2-4-6-11;1-2/h2-8H,9H2,1H3;1-2H3. The van der Waals surface area contributed by atoms with E-state index in [0.29, 0.717) is 0 Å². The predicted octanol–water partition coefficient (Wildman–Crippen LogP) is 3.27. The smallest absolute Gasteiger partial charge is 0.0659 e. The van der Waals surface area contributed by atoms with Crippen LogP contribution in [0.25, 0.3) is 0 Å². The molecule has 0 atom stereocenters. The first-order chi connectivity index (χ1) is 7.34. The Morgan fingerprint density at radius 1 is 1.13 bits per heavy atom. The van der Waals surface area contributed by atoms with Gasteiger partial charge in [0, 0.05) is 6.20 Å². The number of aryl methyl sites for hydroxylation is 1. The first-order valence-corrected chi connectivity index (χ1v) is 5.37. The van der Waals surface area contributed by atoms with Crippen LogP contribution >= 0.6 is 0 Å². The van der Waals surface area contributed by atoms with Gasteiger partial charge in [-0.05, 0) is 18.1 Å². The van der Waals surface area contributed by atoms with E-state index >= 15 is 0 Å². The lowest BCUT2D eigenvalue weighted by Gasteiger charge is -2.00. The van der Waals surface area contributed by atoms with E-state index in [1.807, 2.05) is 49.1 Å². The van der Waals surface area contributed by atoms with Crippen molar-refractivity contribution in [1.82, 2.24) is 9.78 Å². The molecule has 2 aromatic rings. The van der Waals surface area contributed by atoms with Crippen LogP contribution in [0.2, 0.25) is 0 Å². The molecule has 0 amide bonds. The van der Waals surface area contributed by atoms with Crippen molar-refractivity contribution in [1.29, 1.82) is 0 Å². The number of benzene rings is 1. The molecule has 1 aromatic heterocycles. The van der Waals surface area contributed by atoms with Crippen LogP contribution in [0.3, 0.4) is 0 Å². The van der Waals surface area contributed by atoms with Gasteiger partial charge >= 0.3 is 0 Å². The largest absolute Gasteiger partial charge is 0.268 e. The van der Waals surface area contributed by atoms with Crippen molar-refractivity contribution in [3.63, 3.8) is 0 Å². The average molecular weight is 202 g/mol. The first-order valence-electron chi connectivity index (χ1n) is 5.37. The summed E-state index contributed by atoms with van der Waals surface area (Å²) in [6, 6.07) is 10.3. The van der Waals surface area contributed by atoms with E-state index in [-0.39, 0.29) is 0 Å². The van der Waals surface area contributed by atoms with Crippen LogP contribution in [0.5, 0.6) is 0 Å². The lowest BCUT2D eigenvalue weighted by atomic mass is 10.2. The zero-order chi connectivity index (χ0) is 11.1. The molecular formula is C13H18N2. The highest BCUT2D eigenvalue weighted by molar-refractivity contribution is 5.15. The van der Waals surface area contributed by atoms with Gasteiger partial charge in [0.05, 0.1) is 12.7 Å². The Morgan fingerprint density at radius 3 is 2.33 bits per heavy atom. The van der Waals surface area contributed by atoms with Crippen molar-refractivity contribution in [2.45, 2.75) is 27.3 Å². The lowest BCUT2D eigenvalue weighted by Crippen LogP contribution is -1.98. The summed E-state index contributed by atoms with van der Waals surface area (Å²) in [7, 11) is 0. The minimum atomic E-state index is 0.856. The normalized spacial score (nSPS) is 9.27. The van der Waals surface area contributed by atoms with Crippen LogP contribution in [0, 0.1) is 6.92 Å². The highest BCUT2D eigenvalue weighted by Crippen LogP contribution is 2.02. The molecule has 0 unspecified atom stereocenters. The molecular weight excluding hydrogens is 184 g/mol. The van der Waals surface area contributed by atoms with Crippen LogP contribution in [-0.4, -0.2) is 9.78 Å². The van der Waals surface area contributed by atoms with E-state index in [4.69, 9.17) is 0 Å². The fourth-order valence-electron chi connectivity index (χ4n) is 1.32. The lowest BCUT2D eigenvalue weighted by molar-refractivity contribution is 0.686. The molecule has 0 aliphatic heterocycles. The molecule has 2 nitrogen and oxygen atoms in total. The van der Waals surface area contributed by atoms with Gasteiger partial charge in [0.25, 0.3) is 0 Å². The molecule has 0 aliphatic carbocycles. The maximum Gasteiger partial charge on any atom is 0.0659 e. The predicted molar refractivity (Wildman–Crippen MR) is 63.9 cm³/mol. The highest BCUT2D eigenvalue weighted by Gasteiger charge is 1.94. The van der Waals surface area contributed by atoms with Crippen molar-refractivity contribution in [3.05, 3.63) is 53.9 Å². The van der Waals surface area contributed by atoms with Gasteiger partial charge in [-0.1, -0.05) is 44.2 Å². The number of nitrogens with zero attached hydrogens (tertiary/aromatic N) is 2. The summed E-state index contributed by atoms with van der Waals surface area (Å²) < 4.78 is 1.95. The number of hydrogen-bond acceptors (Lipinski definition) is 1. The molecule has 0 saturated heterocycles. The fourth-order valence-corrected chi connectivity index (χ4v) is 1.32. The third kappa shape index (κ3) is 3.58. The average Bonchev–Trinajstić information content (AvgIpc) is 2.68. The Morgan fingerprint density at radius 2 is 1.80 bits per heavy atom. The molecule has 0 saturated carbocycles. The Kier molecular flexibility index (Phi) is 4.61. The van der Waals surface area contributed by atoms with Gasteiger partial charge in [-0.15, -0.1) is 0 Å². The second-order valence-corrected chi connectivity index (χ2v) is 3.20. The van der Waals surface area contributed by atoms with Crippen LogP contribution in [-0.2, 0) is 6.54 Å². The zero-order valence-electron chi connectivity index (χ0n) is 9.64. The molecule has 1 heterocycles. The van der Waals surface area contributed by atoms with Gasteiger partial charge < -0.3 is 0 Å². The van der Waals surface area contributed by atoms with Crippen molar-refractivity contribution in [2.75, 3.05) is 0 Å². The van der Waals surface area contributed by atoms with Crippen LogP contribution in [0.15, 0.2) is 42.7 Å².